The van der Waals surface area contributed by atoms with Crippen molar-refractivity contribution in [1.82, 2.24) is 30.2 Å². The van der Waals surface area contributed by atoms with Gasteiger partial charge in [0.15, 0.2) is 40.3 Å². The summed E-state index contributed by atoms with van der Waals surface area (Å²) in [6.45, 7) is 14.5. The third-order valence-electron chi connectivity index (χ3n) is 12.4. The van der Waals surface area contributed by atoms with E-state index in [1.807, 2.05) is 154 Å². The molecule has 2 N–H and O–H groups in total. The summed E-state index contributed by atoms with van der Waals surface area (Å²) in [5, 5.41) is 34.1. The van der Waals surface area contributed by atoms with Crippen LogP contribution < -0.4 is 23.7 Å². The summed E-state index contributed by atoms with van der Waals surface area (Å²) in [5.41, 5.74) is 3.79. The Morgan fingerprint density at radius 3 is 1.24 bits per heavy atom. The van der Waals surface area contributed by atoms with E-state index in [0.717, 1.165) is 35.7 Å². The monoisotopic (exact) mass is 1100 g/mol. The number of benzene rings is 3. The molecule has 19 heteroatoms. The predicted octanol–water partition coefficient (Wildman–Crippen LogP) is 11.3. The lowest BCUT2D eigenvalue weighted by Crippen LogP contribution is -2.19. The molecular formula is C61H74N6O13. The molecular weight excluding hydrogens is 1020 g/mol. The molecule has 1 fully saturated rings. The first-order chi connectivity index (χ1) is 38.8. The highest BCUT2D eigenvalue weighted by Crippen LogP contribution is 2.42. The first-order valence-electron chi connectivity index (χ1n) is 25.8. The average molecular weight is 1100 g/mol. The van der Waals surface area contributed by atoms with Gasteiger partial charge in [0.05, 0.1) is 56.0 Å². The Hall–Kier alpha value is -8.17. The SMILES string of the molecule is C1CCOC1.C=C[C@@H](c1cc(OCc2ccccc2)no1)N(C)C.C=C[C@@H](c1onc(OCc2ccccc2)c1[C@@H](O)c1occc1OC)N(C)C.C=C[C@@H](c1onc(OCc2ccccc2)c1[C@H](O)c1occc1OC)N(C)C. The summed E-state index contributed by atoms with van der Waals surface area (Å²) in [4.78, 5) is 5.78. The van der Waals surface area contributed by atoms with E-state index in [-0.39, 0.29) is 54.6 Å². The Bertz CT molecular complexity index is 2880. The number of aliphatic hydroxyl groups is 2. The number of aliphatic hydroxyl groups excluding tert-OH is 2. The third-order valence-corrected chi connectivity index (χ3v) is 12.4. The summed E-state index contributed by atoms with van der Waals surface area (Å²) in [7, 11) is 14.4. The molecule has 5 aromatic heterocycles. The van der Waals surface area contributed by atoms with Crippen LogP contribution in [0, 0.1) is 0 Å². The van der Waals surface area contributed by atoms with Crippen molar-refractivity contribution < 1.29 is 61.0 Å². The van der Waals surface area contributed by atoms with Gasteiger partial charge in [-0.3, -0.25) is 14.7 Å². The zero-order valence-electron chi connectivity index (χ0n) is 46.8. The van der Waals surface area contributed by atoms with E-state index >= 15 is 0 Å². The molecule has 8 aromatic rings. The normalized spacial score (nSPS) is 13.8. The van der Waals surface area contributed by atoms with Gasteiger partial charge in [0.1, 0.15) is 32.0 Å². The van der Waals surface area contributed by atoms with Crippen LogP contribution in [0.4, 0.5) is 0 Å². The van der Waals surface area contributed by atoms with Crippen LogP contribution in [0.2, 0.25) is 0 Å². The van der Waals surface area contributed by atoms with Crippen molar-refractivity contribution in [3.8, 4) is 29.1 Å². The lowest BCUT2D eigenvalue weighted by molar-refractivity contribution is 0.171. The predicted molar refractivity (Wildman–Crippen MR) is 300 cm³/mol. The summed E-state index contributed by atoms with van der Waals surface area (Å²) in [5.74, 6) is 3.80. The van der Waals surface area contributed by atoms with Gasteiger partial charge in [-0.2, -0.15) is 0 Å². The first kappa shape index (κ1) is 61.0. The van der Waals surface area contributed by atoms with Gasteiger partial charge in [-0.1, -0.05) is 109 Å². The number of methoxy groups -OCH3 is 2. The van der Waals surface area contributed by atoms with Crippen molar-refractivity contribution in [3.05, 3.63) is 216 Å². The third kappa shape index (κ3) is 16.7. The lowest BCUT2D eigenvalue weighted by Gasteiger charge is -2.20. The first-order valence-corrected chi connectivity index (χ1v) is 25.8. The smallest absolute Gasteiger partial charge is 0.261 e. The van der Waals surface area contributed by atoms with Gasteiger partial charge < -0.3 is 61.0 Å². The number of furan rings is 2. The van der Waals surface area contributed by atoms with Crippen LogP contribution in [0.25, 0.3) is 0 Å². The van der Waals surface area contributed by atoms with E-state index in [2.05, 4.69) is 35.2 Å². The van der Waals surface area contributed by atoms with Gasteiger partial charge in [0, 0.05) is 31.4 Å². The van der Waals surface area contributed by atoms with E-state index in [1.165, 1.54) is 39.6 Å². The van der Waals surface area contributed by atoms with Crippen LogP contribution >= 0.6 is 0 Å². The van der Waals surface area contributed by atoms with Crippen molar-refractivity contribution in [1.29, 1.82) is 0 Å². The summed E-state index contributed by atoms with van der Waals surface area (Å²) in [6.07, 6.45) is 8.31. The molecule has 1 aliphatic heterocycles. The number of aromatic nitrogens is 3. The molecule has 80 heavy (non-hydrogen) atoms. The molecule has 0 radical (unpaired) electrons. The van der Waals surface area contributed by atoms with Crippen molar-refractivity contribution in [2.75, 3.05) is 69.7 Å². The standard InChI is InChI=1S/2C21H24N2O5.C15H18N2O2.C4H8O/c2*1-5-15(23(2)3)19-17(18(24)20-16(25-4)11-12-26-20)21(22-28-19)27-13-14-9-7-6-8-10-14;1-4-13(17(2)3)14-10-15(16-19-14)18-11-12-8-6-5-7-9-12;1-2-4-5-3-1/h2*5-12,15,18,24H,1,13H2,2-4H3;4-10,13H,1,11H2,2-3H3;1-4H2/t15-,18+;15-,18-;13-;/m000./s1. The fourth-order valence-corrected chi connectivity index (χ4v) is 8.20. The van der Waals surface area contributed by atoms with Gasteiger partial charge in [-0.05, 0) is 87.3 Å². The van der Waals surface area contributed by atoms with Crippen LogP contribution in [0.1, 0.15) is 99.8 Å². The van der Waals surface area contributed by atoms with Crippen molar-refractivity contribution >= 4 is 0 Å². The lowest BCUT2D eigenvalue weighted by atomic mass is 10.0. The molecule has 0 amide bonds. The fraction of sp³-hybridized carbons (Fsp3) is 0.328. The van der Waals surface area contributed by atoms with Crippen molar-refractivity contribution in [2.45, 2.75) is 63.0 Å². The van der Waals surface area contributed by atoms with Gasteiger partial charge >= 0.3 is 0 Å². The maximum absolute atomic E-state index is 11.1. The largest absolute Gasteiger partial charge is 0.493 e. The molecule has 0 aliphatic carbocycles. The molecule has 19 nitrogen and oxygen atoms in total. The summed E-state index contributed by atoms with van der Waals surface area (Å²) in [6, 6.07) is 33.7. The fourth-order valence-electron chi connectivity index (χ4n) is 8.20. The van der Waals surface area contributed by atoms with E-state index < -0.39 is 12.2 Å². The maximum atomic E-state index is 11.1. The van der Waals surface area contributed by atoms with Crippen LogP contribution in [-0.2, 0) is 24.6 Å². The molecule has 5 atom stereocenters. The minimum absolute atomic E-state index is 0.00146. The maximum Gasteiger partial charge on any atom is 0.261 e. The Balaban J connectivity index is 0.000000188. The number of hydrogen-bond donors (Lipinski definition) is 2. The topological polar surface area (TPSA) is 210 Å². The Kier molecular flexibility index (Phi) is 24.0. The average Bonchev–Trinajstić information content (AvgIpc) is 4.39. The Labute approximate surface area is 467 Å². The number of rotatable bonds is 24. The quantitative estimate of drug-likeness (QED) is 0.0539. The number of ether oxygens (including phenoxy) is 6. The summed E-state index contributed by atoms with van der Waals surface area (Å²) < 4.78 is 60.1. The van der Waals surface area contributed by atoms with Gasteiger partial charge in [-0.15, -0.1) is 19.7 Å². The Morgan fingerprint density at radius 1 is 0.512 bits per heavy atom. The van der Waals surface area contributed by atoms with E-state index in [1.54, 1.807) is 30.4 Å². The highest BCUT2D eigenvalue weighted by molar-refractivity contribution is 5.43. The zero-order chi connectivity index (χ0) is 57.4. The number of nitrogens with zero attached hydrogens (tertiary/aromatic N) is 6. The Morgan fingerprint density at radius 2 is 0.900 bits per heavy atom. The highest BCUT2D eigenvalue weighted by atomic mass is 16.6. The second kappa shape index (κ2) is 31.4. The van der Waals surface area contributed by atoms with Gasteiger partial charge in [-0.25, -0.2) is 0 Å². The van der Waals surface area contributed by atoms with Crippen LogP contribution in [0.5, 0.6) is 29.1 Å². The molecule has 426 valence electrons. The van der Waals surface area contributed by atoms with E-state index in [4.69, 9.17) is 50.8 Å². The molecule has 1 saturated heterocycles. The number of hydrogen-bond acceptors (Lipinski definition) is 19. The molecule has 0 unspecified atom stereocenters. The zero-order valence-corrected chi connectivity index (χ0v) is 46.8. The van der Waals surface area contributed by atoms with Crippen LogP contribution in [0.15, 0.2) is 182 Å². The highest BCUT2D eigenvalue weighted by Gasteiger charge is 2.35. The van der Waals surface area contributed by atoms with E-state index in [9.17, 15) is 10.2 Å². The van der Waals surface area contributed by atoms with Crippen molar-refractivity contribution in [3.63, 3.8) is 0 Å². The van der Waals surface area contributed by atoms with Gasteiger partial charge in [0.25, 0.3) is 17.6 Å². The van der Waals surface area contributed by atoms with Crippen molar-refractivity contribution in [2.24, 2.45) is 0 Å². The summed E-state index contributed by atoms with van der Waals surface area (Å²) >= 11 is 0. The number of likely N-dealkylation sites (N-methyl/N-ethyl adjacent to an activating group) is 3. The molecule has 0 saturated carbocycles. The molecule has 1 aliphatic rings. The molecule has 0 spiro atoms. The van der Waals surface area contributed by atoms with Gasteiger partial charge in [0.2, 0.25) is 0 Å². The molecule has 9 rings (SSSR count). The van der Waals surface area contributed by atoms with Crippen LogP contribution in [-0.4, -0.2) is 110 Å². The molecule has 6 heterocycles. The molecule has 0 bridgehead atoms. The second-order valence-corrected chi connectivity index (χ2v) is 18.7. The van der Waals surface area contributed by atoms with Crippen LogP contribution in [0.3, 0.4) is 0 Å². The minimum Gasteiger partial charge on any atom is -0.493 e. The minimum atomic E-state index is -1.18. The second-order valence-electron chi connectivity index (χ2n) is 18.7. The van der Waals surface area contributed by atoms with E-state index in [0.29, 0.717) is 46.6 Å². The molecule has 3 aromatic carbocycles.